The predicted molar refractivity (Wildman–Crippen MR) is 221 cm³/mol. The molecule has 312 valence electrons. The van der Waals surface area contributed by atoms with E-state index in [1.807, 2.05) is 6.92 Å². The standard InChI is InChI=1S/C47H64O10/c1-10-35(29-32(2)3)43(48)54-27-13-11-25-52-39-21-17-37(18-22-39)45(50)57-42-24-23-40(30-34(42)6)56-44(49)36-15-19-38(20-16-36)53-26-12-14-28-55-46(51)41(33(4)5)31-47(7,8)9/h15-24,30,32-33,35,41H,10-14,25-29,31H2,1-9H3. The fraction of sp³-hybridized carbons (Fsp3) is 0.532. The number of ether oxygens (including phenoxy) is 6. The molecule has 0 N–H and O–H groups in total. The molecule has 0 fully saturated rings. The summed E-state index contributed by atoms with van der Waals surface area (Å²) < 4.78 is 33.8. The average Bonchev–Trinajstić information content (AvgIpc) is 3.16. The summed E-state index contributed by atoms with van der Waals surface area (Å²) in [4.78, 5) is 50.6. The molecule has 0 spiro atoms. The van der Waals surface area contributed by atoms with Crippen molar-refractivity contribution in [3.8, 4) is 23.0 Å². The van der Waals surface area contributed by atoms with Crippen LogP contribution in [-0.4, -0.2) is 50.3 Å². The average molecular weight is 789 g/mol. The van der Waals surface area contributed by atoms with Gasteiger partial charge < -0.3 is 28.4 Å². The van der Waals surface area contributed by atoms with Gasteiger partial charge in [-0.25, -0.2) is 9.59 Å². The molecule has 57 heavy (non-hydrogen) atoms. The minimum atomic E-state index is -0.536. The minimum absolute atomic E-state index is 0.0479. The van der Waals surface area contributed by atoms with Gasteiger partial charge in [-0.05, 0) is 141 Å². The smallest absolute Gasteiger partial charge is 0.343 e. The van der Waals surface area contributed by atoms with E-state index in [0.717, 1.165) is 32.1 Å². The van der Waals surface area contributed by atoms with Crippen LogP contribution in [0.2, 0.25) is 0 Å². The van der Waals surface area contributed by atoms with Gasteiger partial charge in [0.25, 0.3) is 0 Å². The lowest BCUT2D eigenvalue weighted by Crippen LogP contribution is -2.27. The van der Waals surface area contributed by atoms with E-state index in [0.29, 0.717) is 84.9 Å². The van der Waals surface area contributed by atoms with Gasteiger partial charge >= 0.3 is 23.9 Å². The van der Waals surface area contributed by atoms with Crippen molar-refractivity contribution in [1.82, 2.24) is 0 Å². The predicted octanol–water partition coefficient (Wildman–Crippen LogP) is 10.6. The summed E-state index contributed by atoms with van der Waals surface area (Å²) in [5.74, 6) is 1.09. The van der Waals surface area contributed by atoms with Crippen molar-refractivity contribution in [3.05, 3.63) is 83.4 Å². The molecule has 0 amide bonds. The van der Waals surface area contributed by atoms with Crippen LogP contribution in [0.1, 0.15) is 127 Å². The van der Waals surface area contributed by atoms with E-state index < -0.39 is 11.9 Å². The molecule has 0 saturated carbocycles. The molecule has 0 heterocycles. The maximum Gasteiger partial charge on any atom is 0.343 e. The summed E-state index contributed by atoms with van der Waals surface area (Å²) in [5.41, 5.74) is 1.39. The van der Waals surface area contributed by atoms with Crippen molar-refractivity contribution in [1.29, 1.82) is 0 Å². The summed E-state index contributed by atoms with van der Waals surface area (Å²) in [6, 6.07) is 18.2. The molecule has 3 aromatic carbocycles. The van der Waals surface area contributed by atoms with Crippen LogP contribution in [0.5, 0.6) is 23.0 Å². The Kier molecular flexibility index (Phi) is 19.1. The van der Waals surface area contributed by atoms with Gasteiger partial charge in [0.1, 0.15) is 23.0 Å². The monoisotopic (exact) mass is 788 g/mol. The molecule has 0 aromatic heterocycles. The number of benzene rings is 3. The van der Waals surface area contributed by atoms with Gasteiger partial charge in [-0.3, -0.25) is 9.59 Å². The van der Waals surface area contributed by atoms with Gasteiger partial charge in [-0.2, -0.15) is 0 Å². The first kappa shape index (κ1) is 46.5. The van der Waals surface area contributed by atoms with E-state index in [2.05, 4.69) is 48.5 Å². The molecule has 3 rings (SSSR count). The van der Waals surface area contributed by atoms with Crippen molar-refractivity contribution in [2.75, 3.05) is 26.4 Å². The highest BCUT2D eigenvalue weighted by molar-refractivity contribution is 5.92. The summed E-state index contributed by atoms with van der Waals surface area (Å²) in [5, 5.41) is 0. The lowest BCUT2D eigenvalue weighted by molar-refractivity contribution is -0.151. The van der Waals surface area contributed by atoms with Crippen LogP contribution < -0.4 is 18.9 Å². The molecule has 0 radical (unpaired) electrons. The SMILES string of the molecule is CCC(CC(C)C)C(=O)OCCCCOc1ccc(C(=O)Oc2ccc(OC(=O)c3ccc(OCCCCOC(=O)C(CC(C)(C)C)C(C)C)cc3)cc2C)cc1. The molecular weight excluding hydrogens is 725 g/mol. The van der Waals surface area contributed by atoms with Crippen molar-refractivity contribution in [3.63, 3.8) is 0 Å². The maximum atomic E-state index is 12.9. The van der Waals surface area contributed by atoms with Crippen molar-refractivity contribution in [2.24, 2.45) is 29.1 Å². The molecular formula is C47H64O10. The van der Waals surface area contributed by atoms with Crippen molar-refractivity contribution >= 4 is 23.9 Å². The summed E-state index contributed by atoms with van der Waals surface area (Å²) in [7, 11) is 0. The molecule has 10 heteroatoms. The summed E-state index contributed by atoms with van der Waals surface area (Å²) in [6.45, 7) is 20.1. The highest BCUT2D eigenvalue weighted by Crippen LogP contribution is 2.30. The lowest BCUT2D eigenvalue weighted by Gasteiger charge is -2.27. The molecule has 10 nitrogen and oxygen atoms in total. The van der Waals surface area contributed by atoms with Crippen LogP contribution in [0.3, 0.4) is 0 Å². The first-order chi connectivity index (χ1) is 27.1. The van der Waals surface area contributed by atoms with Gasteiger partial charge in [0, 0.05) is 0 Å². The first-order valence-electron chi connectivity index (χ1n) is 20.4. The number of esters is 4. The van der Waals surface area contributed by atoms with Gasteiger partial charge in [0.2, 0.25) is 0 Å². The van der Waals surface area contributed by atoms with Crippen LogP contribution in [0, 0.1) is 36.0 Å². The third-order valence-corrected chi connectivity index (χ3v) is 9.36. The van der Waals surface area contributed by atoms with E-state index in [1.54, 1.807) is 73.7 Å². The normalized spacial score (nSPS) is 12.5. The second-order valence-corrected chi connectivity index (χ2v) is 16.6. The lowest BCUT2D eigenvalue weighted by atomic mass is 9.80. The second kappa shape index (κ2) is 23.4. The van der Waals surface area contributed by atoms with Crippen molar-refractivity contribution < 1.29 is 47.6 Å². The Morgan fingerprint density at radius 3 is 1.54 bits per heavy atom. The van der Waals surface area contributed by atoms with Crippen LogP contribution in [0.25, 0.3) is 0 Å². The number of hydrogen-bond donors (Lipinski definition) is 0. The molecule has 2 atom stereocenters. The molecule has 0 saturated heterocycles. The molecule has 3 aromatic rings. The van der Waals surface area contributed by atoms with E-state index >= 15 is 0 Å². The molecule has 2 unspecified atom stereocenters. The third kappa shape index (κ3) is 17.0. The minimum Gasteiger partial charge on any atom is -0.494 e. The number of unbranched alkanes of at least 4 members (excludes halogenated alkanes) is 2. The maximum absolute atomic E-state index is 12.9. The fourth-order valence-corrected chi connectivity index (χ4v) is 6.11. The summed E-state index contributed by atoms with van der Waals surface area (Å²) >= 11 is 0. The zero-order chi connectivity index (χ0) is 42.0. The Balaban J connectivity index is 1.36. The number of carbonyl (C=O) groups is 4. The van der Waals surface area contributed by atoms with Crippen LogP contribution >= 0.6 is 0 Å². The van der Waals surface area contributed by atoms with E-state index in [1.165, 1.54) is 0 Å². The quantitative estimate of drug-likeness (QED) is 0.0521. The first-order valence-corrected chi connectivity index (χ1v) is 20.4. The Morgan fingerprint density at radius 1 is 0.614 bits per heavy atom. The van der Waals surface area contributed by atoms with Crippen LogP contribution in [-0.2, 0) is 19.1 Å². The largest absolute Gasteiger partial charge is 0.494 e. The van der Waals surface area contributed by atoms with E-state index in [9.17, 15) is 19.2 Å². The fourth-order valence-electron chi connectivity index (χ4n) is 6.11. The van der Waals surface area contributed by atoms with Gasteiger partial charge in [0.15, 0.2) is 0 Å². The van der Waals surface area contributed by atoms with E-state index in [-0.39, 0.29) is 35.1 Å². The Morgan fingerprint density at radius 2 is 1.09 bits per heavy atom. The molecule has 0 aliphatic rings. The highest BCUT2D eigenvalue weighted by atomic mass is 16.5. The second-order valence-electron chi connectivity index (χ2n) is 16.6. The summed E-state index contributed by atoms with van der Waals surface area (Å²) in [6.07, 6.45) is 5.25. The zero-order valence-electron chi connectivity index (χ0n) is 35.5. The third-order valence-electron chi connectivity index (χ3n) is 9.36. The number of carbonyl (C=O) groups excluding carboxylic acids is 4. The molecule has 0 bridgehead atoms. The topological polar surface area (TPSA) is 124 Å². The van der Waals surface area contributed by atoms with Crippen molar-refractivity contribution in [2.45, 2.75) is 107 Å². The number of rotatable bonds is 23. The molecule has 0 aliphatic heterocycles. The Labute approximate surface area is 339 Å². The van der Waals surface area contributed by atoms with Crippen LogP contribution in [0.4, 0.5) is 0 Å². The van der Waals surface area contributed by atoms with Gasteiger partial charge in [-0.1, -0.05) is 55.4 Å². The zero-order valence-corrected chi connectivity index (χ0v) is 35.5. The molecule has 0 aliphatic carbocycles. The number of aryl methyl sites for hydroxylation is 1. The van der Waals surface area contributed by atoms with Crippen LogP contribution in [0.15, 0.2) is 66.7 Å². The number of hydrogen-bond acceptors (Lipinski definition) is 10. The van der Waals surface area contributed by atoms with Gasteiger partial charge in [-0.15, -0.1) is 0 Å². The highest BCUT2D eigenvalue weighted by Gasteiger charge is 2.28. The van der Waals surface area contributed by atoms with E-state index in [4.69, 9.17) is 28.4 Å². The van der Waals surface area contributed by atoms with Gasteiger partial charge in [0.05, 0.1) is 49.4 Å². The Hall–Kier alpha value is -4.86. The Bertz CT molecular complexity index is 1700.